The van der Waals surface area contributed by atoms with Gasteiger partial charge >= 0.3 is 0 Å². The molecule has 0 aromatic heterocycles. The van der Waals surface area contributed by atoms with Crippen molar-refractivity contribution in [2.24, 2.45) is 0 Å². The number of halogens is 1. The molecule has 0 saturated heterocycles. The number of aryl methyl sites for hydroxylation is 1. The van der Waals surface area contributed by atoms with Gasteiger partial charge in [0.2, 0.25) is 0 Å². The number of allylic oxidation sites excluding steroid dienone is 1. The lowest BCUT2D eigenvalue weighted by molar-refractivity contribution is 0.104. The highest BCUT2D eigenvalue weighted by Gasteiger charge is 2.01. The predicted molar refractivity (Wildman–Crippen MR) is 78.7 cm³/mol. The molecule has 90 valence electrons. The van der Waals surface area contributed by atoms with Gasteiger partial charge in [-0.15, -0.1) is 0 Å². The average molecular weight is 301 g/mol. The van der Waals surface area contributed by atoms with Gasteiger partial charge < -0.3 is 0 Å². The fourth-order valence-corrected chi connectivity index (χ4v) is 2.01. The summed E-state index contributed by atoms with van der Waals surface area (Å²) in [6.45, 7) is 2.01. The number of hydrogen-bond acceptors (Lipinski definition) is 1. The molecule has 0 amide bonds. The van der Waals surface area contributed by atoms with Gasteiger partial charge in [-0.05, 0) is 30.7 Å². The van der Waals surface area contributed by atoms with E-state index < -0.39 is 0 Å². The lowest BCUT2D eigenvalue weighted by Crippen LogP contribution is -1.93. The third-order valence-electron chi connectivity index (χ3n) is 2.66. The van der Waals surface area contributed by atoms with Crippen LogP contribution in [-0.4, -0.2) is 5.78 Å². The molecule has 2 heteroatoms. The van der Waals surface area contributed by atoms with Crippen LogP contribution in [0.2, 0.25) is 0 Å². The van der Waals surface area contributed by atoms with Gasteiger partial charge in [-0.25, -0.2) is 0 Å². The van der Waals surface area contributed by atoms with Crippen molar-refractivity contribution in [3.8, 4) is 0 Å². The Morgan fingerprint density at radius 3 is 2.39 bits per heavy atom. The maximum absolute atomic E-state index is 11.9. The van der Waals surface area contributed by atoms with E-state index in [1.165, 1.54) is 0 Å². The van der Waals surface area contributed by atoms with Crippen molar-refractivity contribution in [2.45, 2.75) is 6.92 Å². The van der Waals surface area contributed by atoms with Crippen molar-refractivity contribution < 1.29 is 4.79 Å². The van der Waals surface area contributed by atoms with E-state index >= 15 is 0 Å². The zero-order chi connectivity index (χ0) is 13.0. The number of ketones is 1. The number of rotatable bonds is 3. The highest BCUT2D eigenvalue weighted by molar-refractivity contribution is 9.10. The molecule has 2 aromatic rings. The Kier molecular flexibility index (Phi) is 4.11. The minimum atomic E-state index is 0.0192. The maximum atomic E-state index is 11.9. The summed E-state index contributed by atoms with van der Waals surface area (Å²) >= 11 is 3.45. The second-order valence-electron chi connectivity index (χ2n) is 4.09. The monoisotopic (exact) mass is 300 g/mol. The fourth-order valence-electron chi connectivity index (χ4n) is 1.59. The molecule has 0 bridgehead atoms. The number of hydrogen-bond donors (Lipinski definition) is 0. The molecular formula is C16H13BrO. The molecule has 0 atom stereocenters. The van der Waals surface area contributed by atoms with Crippen molar-refractivity contribution in [1.82, 2.24) is 0 Å². The third-order valence-corrected chi connectivity index (χ3v) is 3.38. The Morgan fingerprint density at radius 2 is 1.72 bits per heavy atom. The molecular weight excluding hydrogens is 288 g/mol. The van der Waals surface area contributed by atoms with Gasteiger partial charge in [-0.3, -0.25) is 4.79 Å². The van der Waals surface area contributed by atoms with Gasteiger partial charge in [-0.2, -0.15) is 0 Å². The van der Waals surface area contributed by atoms with Crippen LogP contribution in [0.25, 0.3) is 6.08 Å². The summed E-state index contributed by atoms with van der Waals surface area (Å²) in [4.78, 5) is 11.9. The molecule has 0 N–H and O–H groups in total. The molecule has 0 saturated carbocycles. The largest absolute Gasteiger partial charge is 0.289 e. The Morgan fingerprint density at radius 1 is 1.06 bits per heavy atom. The van der Waals surface area contributed by atoms with Crippen LogP contribution < -0.4 is 0 Å². The minimum Gasteiger partial charge on any atom is -0.289 e. The second-order valence-corrected chi connectivity index (χ2v) is 4.94. The summed E-state index contributed by atoms with van der Waals surface area (Å²) in [5.74, 6) is 0.0192. The van der Waals surface area contributed by atoms with Crippen LogP contribution >= 0.6 is 15.9 Å². The zero-order valence-electron chi connectivity index (χ0n) is 10.1. The summed E-state index contributed by atoms with van der Waals surface area (Å²) in [7, 11) is 0. The van der Waals surface area contributed by atoms with E-state index in [-0.39, 0.29) is 5.78 Å². The molecule has 0 fully saturated rings. The summed E-state index contributed by atoms with van der Waals surface area (Å²) in [6.07, 6.45) is 3.43. The van der Waals surface area contributed by atoms with E-state index in [1.807, 2.05) is 61.5 Å². The SMILES string of the molecule is Cc1ccc(C(=O)C=Cc2ccccc2Br)cc1. The lowest BCUT2D eigenvalue weighted by atomic mass is 10.1. The quantitative estimate of drug-likeness (QED) is 0.595. The van der Waals surface area contributed by atoms with Crippen LogP contribution in [0.4, 0.5) is 0 Å². The molecule has 1 nitrogen and oxygen atoms in total. The van der Waals surface area contributed by atoms with E-state index in [9.17, 15) is 4.79 Å². The molecule has 0 heterocycles. The van der Waals surface area contributed by atoms with Crippen molar-refractivity contribution >= 4 is 27.8 Å². The molecule has 0 aliphatic rings. The Hall–Kier alpha value is -1.67. The Balaban J connectivity index is 2.17. The fraction of sp³-hybridized carbons (Fsp3) is 0.0625. The summed E-state index contributed by atoms with van der Waals surface area (Å²) < 4.78 is 0.984. The average Bonchev–Trinajstić information content (AvgIpc) is 2.38. The second kappa shape index (κ2) is 5.78. The van der Waals surface area contributed by atoms with Gasteiger partial charge in [0.15, 0.2) is 5.78 Å². The first-order chi connectivity index (χ1) is 8.66. The molecule has 2 aromatic carbocycles. The maximum Gasteiger partial charge on any atom is 0.185 e. The third kappa shape index (κ3) is 3.17. The molecule has 18 heavy (non-hydrogen) atoms. The lowest BCUT2D eigenvalue weighted by Gasteiger charge is -1.98. The van der Waals surface area contributed by atoms with E-state index in [0.29, 0.717) is 5.56 Å². The normalized spacial score (nSPS) is 10.8. The van der Waals surface area contributed by atoms with E-state index in [4.69, 9.17) is 0 Å². The summed E-state index contributed by atoms with van der Waals surface area (Å²) in [5.41, 5.74) is 2.86. The van der Waals surface area contributed by atoms with Crippen LogP contribution in [0.15, 0.2) is 59.1 Å². The molecule has 0 spiro atoms. The molecule has 2 rings (SSSR count). The highest BCUT2D eigenvalue weighted by Crippen LogP contribution is 2.17. The van der Waals surface area contributed by atoms with Gasteiger partial charge in [-0.1, -0.05) is 64.0 Å². The van der Waals surface area contributed by atoms with Crippen molar-refractivity contribution in [1.29, 1.82) is 0 Å². The molecule has 0 aliphatic carbocycles. The van der Waals surface area contributed by atoms with Crippen LogP contribution in [0.1, 0.15) is 21.5 Å². The van der Waals surface area contributed by atoms with Gasteiger partial charge in [0.05, 0.1) is 0 Å². The first-order valence-corrected chi connectivity index (χ1v) is 6.50. The minimum absolute atomic E-state index is 0.0192. The summed E-state index contributed by atoms with van der Waals surface area (Å²) in [6, 6.07) is 15.4. The molecule has 0 radical (unpaired) electrons. The van der Waals surface area contributed by atoms with Crippen LogP contribution in [0.5, 0.6) is 0 Å². The van der Waals surface area contributed by atoms with Gasteiger partial charge in [0, 0.05) is 10.0 Å². The highest BCUT2D eigenvalue weighted by atomic mass is 79.9. The van der Waals surface area contributed by atoms with Crippen LogP contribution in [0, 0.1) is 6.92 Å². The van der Waals surface area contributed by atoms with Crippen molar-refractivity contribution in [3.05, 3.63) is 75.8 Å². The van der Waals surface area contributed by atoms with Crippen LogP contribution in [-0.2, 0) is 0 Å². The van der Waals surface area contributed by atoms with Gasteiger partial charge in [0.1, 0.15) is 0 Å². The van der Waals surface area contributed by atoms with E-state index in [2.05, 4.69) is 15.9 Å². The van der Waals surface area contributed by atoms with Crippen molar-refractivity contribution in [2.75, 3.05) is 0 Å². The molecule has 0 aliphatic heterocycles. The zero-order valence-corrected chi connectivity index (χ0v) is 11.6. The standard InChI is InChI=1S/C16H13BrO/c1-12-6-8-14(9-7-12)16(18)11-10-13-4-2-3-5-15(13)17/h2-11H,1H3. The van der Waals surface area contributed by atoms with Gasteiger partial charge in [0.25, 0.3) is 0 Å². The Labute approximate surface area is 115 Å². The first-order valence-electron chi connectivity index (χ1n) is 5.70. The number of carbonyl (C=O) groups is 1. The smallest absolute Gasteiger partial charge is 0.185 e. The topological polar surface area (TPSA) is 17.1 Å². The molecule has 0 unspecified atom stereocenters. The van der Waals surface area contributed by atoms with E-state index in [1.54, 1.807) is 6.08 Å². The first kappa shape index (κ1) is 12.8. The Bertz CT molecular complexity index is 582. The van der Waals surface area contributed by atoms with E-state index in [0.717, 1.165) is 15.6 Å². The summed E-state index contributed by atoms with van der Waals surface area (Å²) in [5, 5.41) is 0. The number of carbonyl (C=O) groups excluding carboxylic acids is 1. The van der Waals surface area contributed by atoms with Crippen molar-refractivity contribution in [3.63, 3.8) is 0 Å². The predicted octanol–water partition coefficient (Wildman–Crippen LogP) is 4.65. The number of benzene rings is 2. The van der Waals surface area contributed by atoms with Crippen LogP contribution in [0.3, 0.4) is 0 Å².